The molecule has 0 aromatic rings. The summed E-state index contributed by atoms with van der Waals surface area (Å²) in [6, 6.07) is 0.458. The van der Waals surface area contributed by atoms with Gasteiger partial charge in [-0.2, -0.15) is 0 Å². The van der Waals surface area contributed by atoms with Gasteiger partial charge in [0.25, 0.3) is 0 Å². The predicted octanol–water partition coefficient (Wildman–Crippen LogP) is 0.502. The van der Waals surface area contributed by atoms with Crippen LogP contribution in [-0.2, 0) is 9.59 Å². The van der Waals surface area contributed by atoms with E-state index in [1.165, 1.54) is 19.8 Å². The Balaban J connectivity index is 1.79. The van der Waals surface area contributed by atoms with Gasteiger partial charge in [-0.15, -0.1) is 0 Å². The summed E-state index contributed by atoms with van der Waals surface area (Å²) in [6.45, 7) is 6.20. The molecule has 2 N–H and O–H groups in total. The van der Waals surface area contributed by atoms with Crippen LogP contribution in [0.25, 0.3) is 0 Å². The smallest absolute Gasteiger partial charge is 0.224 e. The maximum absolute atomic E-state index is 12.3. The summed E-state index contributed by atoms with van der Waals surface area (Å²) in [4.78, 5) is 25.2. The van der Waals surface area contributed by atoms with Gasteiger partial charge in [0, 0.05) is 38.5 Å². The van der Waals surface area contributed by atoms with Crippen molar-refractivity contribution in [2.75, 3.05) is 19.6 Å². The molecule has 5 heteroatoms. The maximum Gasteiger partial charge on any atom is 0.224 e. The average Bonchev–Trinajstić information content (AvgIpc) is 2.79. The third-order valence-corrected chi connectivity index (χ3v) is 4.27. The highest BCUT2D eigenvalue weighted by Crippen LogP contribution is 2.20. The van der Waals surface area contributed by atoms with Crippen LogP contribution in [0.5, 0.6) is 0 Å². The van der Waals surface area contributed by atoms with E-state index in [1.54, 1.807) is 0 Å². The molecule has 2 fully saturated rings. The zero-order valence-corrected chi connectivity index (χ0v) is 11.9. The van der Waals surface area contributed by atoms with Gasteiger partial charge in [-0.25, -0.2) is 0 Å². The molecule has 0 aliphatic carbocycles. The van der Waals surface area contributed by atoms with Crippen molar-refractivity contribution < 1.29 is 9.59 Å². The van der Waals surface area contributed by atoms with Crippen molar-refractivity contribution in [1.82, 2.24) is 15.5 Å². The average molecular weight is 267 g/mol. The van der Waals surface area contributed by atoms with Crippen molar-refractivity contribution in [3.63, 3.8) is 0 Å². The Hall–Kier alpha value is -1.10. The molecule has 0 aromatic carbocycles. The third-order valence-electron chi connectivity index (χ3n) is 4.27. The van der Waals surface area contributed by atoms with Gasteiger partial charge >= 0.3 is 0 Å². The van der Waals surface area contributed by atoms with Gasteiger partial charge in [-0.3, -0.25) is 9.59 Å². The molecular formula is C14H25N3O2. The predicted molar refractivity (Wildman–Crippen MR) is 73.6 cm³/mol. The van der Waals surface area contributed by atoms with Crippen molar-refractivity contribution >= 4 is 11.8 Å². The lowest BCUT2D eigenvalue weighted by Crippen LogP contribution is -2.44. The first-order chi connectivity index (χ1) is 9.06. The lowest BCUT2D eigenvalue weighted by atomic mass is 9.90. The van der Waals surface area contributed by atoms with Crippen molar-refractivity contribution in [3.05, 3.63) is 0 Å². The van der Waals surface area contributed by atoms with Crippen LogP contribution in [0, 0.1) is 5.92 Å². The number of piperidine rings is 1. The summed E-state index contributed by atoms with van der Waals surface area (Å²) in [5.74, 6) is 0.785. The van der Waals surface area contributed by atoms with Crippen LogP contribution in [0.1, 0.15) is 39.5 Å². The fraction of sp³-hybridized carbons (Fsp3) is 0.857. The van der Waals surface area contributed by atoms with Gasteiger partial charge in [-0.05, 0) is 31.7 Å². The Labute approximate surface area is 115 Å². The normalized spacial score (nSPS) is 31.3. The summed E-state index contributed by atoms with van der Waals surface area (Å²) in [7, 11) is 0. The van der Waals surface area contributed by atoms with Crippen LogP contribution in [0.2, 0.25) is 0 Å². The zero-order valence-electron chi connectivity index (χ0n) is 11.9. The largest absolute Gasteiger partial charge is 0.352 e. The van der Waals surface area contributed by atoms with Crippen molar-refractivity contribution in [1.29, 1.82) is 0 Å². The number of nitrogens with one attached hydrogen (secondary N) is 2. The van der Waals surface area contributed by atoms with E-state index in [1.807, 2.05) is 4.90 Å². The van der Waals surface area contributed by atoms with Gasteiger partial charge in [0.2, 0.25) is 11.8 Å². The van der Waals surface area contributed by atoms with E-state index in [2.05, 4.69) is 17.6 Å². The van der Waals surface area contributed by atoms with Gasteiger partial charge < -0.3 is 15.5 Å². The third kappa shape index (κ3) is 3.93. The van der Waals surface area contributed by atoms with E-state index < -0.39 is 0 Å². The van der Waals surface area contributed by atoms with E-state index in [4.69, 9.17) is 0 Å². The fourth-order valence-electron chi connectivity index (χ4n) is 3.10. The molecule has 0 bridgehead atoms. The first-order valence-electron chi connectivity index (χ1n) is 7.34. The molecule has 0 saturated carbocycles. The van der Waals surface area contributed by atoms with Crippen LogP contribution in [-0.4, -0.2) is 48.4 Å². The highest BCUT2D eigenvalue weighted by Gasteiger charge is 2.30. The molecule has 0 radical (unpaired) electrons. The maximum atomic E-state index is 12.3. The molecule has 2 aliphatic rings. The highest BCUT2D eigenvalue weighted by atomic mass is 16.2. The summed E-state index contributed by atoms with van der Waals surface area (Å²) in [6.07, 6.45) is 3.88. The van der Waals surface area contributed by atoms with Gasteiger partial charge in [0.15, 0.2) is 0 Å². The number of amides is 2. The van der Waals surface area contributed by atoms with Crippen molar-refractivity contribution in [2.45, 2.75) is 51.6 Å². The van der Waals surface area contributed by atoms with Crippen molar-refractivity contribution in [3.8, 4) is 0 Å². The second-order valence-electron chi connectivity index (χ2n) is 5.91. The Morgan fingerprint density at radius 1 is 1.37 bits per heavy atom. The summed E-state index contributed by atoms with van der Waals surface area (Å²) >= 11 is 0. The number of carbonyl (C=O) groups is 2. The van der Waals surface area contributed by atoms with Crippen LogP contribution in [0.4, 0.5) is 0 Å². The monoisotopic (exact) mass is 267 g/mol. The minimum atomic E-state index is -0.0122. The minimum Gasteiger partial charge on any atom is -0.352 e. The topological polar surface area (TPSA) is 61.4 Å². The van der Waals surface area contributed by atoms with Gasteiger partial charge in [0.1, 0.15) is 0 Å². The molecule has 0 aromatic heterocycles. The molecule has 2 heterocycles. The molecule has 2 aliphatic heterocycles. The fourth-order valence-corrected chi connectivity index (χ4v) is 3.10. The van der Waals surface area contributed by atoms with E-state index in [9.17, 15) is 9.59 Å². The van der Waals surface area contributed by atoms with E-state index >= 15 is 0 Å². The standard InChI is InChI=1S/C14H25N3O2/c1-10-4-3-6-15-13(10)8-14(19)17-7-5-12(9-17)16-11(2)18/h10,12-13,15H,3-9H2,1-2H3,(H,16,18). The first kappa shape index (κ1) is 14.3. The zero-order chi connectivity index (χ0) is 13.8. The van der Waals surface area contributed by atoms with E-state index in [0.29, 0.717) is 24.9 Å². The van der Waals surface area contributed by atoms with Crippen LogP contribution in [0.3, 0.4) is 0 Å². The molecule has 108 valence electrons. The number of nitrogens with zero attached hydrogens (tertiary/aromatic N) is 1. The van der Waals surface area contributed by atoms with Gasteiger partial charge in [-0.1, -0.05) is 6.92 Å². The Morgan fingerprint density at radius 3 is 2.84 bits per heavy atom. The second-order valence-corrected chi connectivity index (χ2v) is 5.91. The number of hydrogen-bond donors (Lipinski definition) is 2. The molecule has 3 unspecified atom stereocenters. The van der Waals surface area contributed by atoms with E-state index in [-0.39, 0.29) is 17.9 Å². The molecule has 19 heavy (non-hydrogen) atoms. The lowest BCUT2D eigenvalue weighted by Gasteiger charge is -2.31. The summed E-state index contributed by atoms with van der Waals surface area (Å²) < 4.78 is 0. The van der Waals surface area contributed by atoms with Crippen LogP contribution < -0.4 is 10.6 Å². The molecule has 5 nitrogen and oxygen atoms in total. The summed E-state index contributed by atoms with van der Waals surface area (Å²) in [5.41, 5.74) is 0. The molecular weight excluding hydrogens is 242 g/mol. The Morgan fingerprint density at radius 2 is 2.16 bits per heavy atom. The van der Waals surface area contributed by atoms with Crippen LogP contribution in [0.15, 0.2) is 0 Å². The number of carbonyl (C=O) groups excluding carboxylic acids is 2. The van der Waals surface area contributed by atoms with Crippen molar-refractivity contribution in [2.24, 2.45) is 5.92 Å². The molecule has 2 amide bonds. The quantitative estimate of drug-likeness (QED) is 0.783. The lowest BCUT2D eigenvalue weighted by molar-refractivity contribution is -0.131. The highest BCUT2D eigenvalue weighted by molar-refractivity contribution is 5.78. The van der Waals surface area contributed by atoms with Gasteiger partial charge in [0.05, 0.1) is 0 Å². The number of likely N-dealkylation sites (tertiary alicyclic amines) is 1. The van der Waals surface area contributed by atoms with Crippen LogP contribution >= 0.6 is 0 Å². The molecule has 3 atom stereocenters. The number of rotatable bonds is 3. The Kier molecular flexibility index (Phi) is 4.80. The molecule has 2 rings (SSSR count). The SMILES string of the molecule is CC(=O)NC1CCN(C(=O)CC2NCCCC2C)C1. The second kappa shape index (κ2) is 6.37. The molecule has 0 spiro atoms. The molecule has 2 saturated heterocycles. The first-order valence-corrected chi connectivity index (χ1v) is 7.34. The number of hydrogen-bond acceptors (Lipinski definition) is 3. The summed E-state index contributed by atoms with van der Waals surface area (Å²) in [5, 5.41) is 6.34. The van der Waals surface area contributed by atoms with E-state index in [0.717, 1.165) is 19.5 Å². The minimum absolute atomic E-state index is 0.0122. The Bertz CT molecular complexity index is 346.